The van der Waals surface area contributed by atoms with Gasteiger partial charge in [-0.25, -0.2) is 0 Å². The van der Waals surface area contributed by atoms with Gasteiger partial charge in [-0.15, -0.1) is 0 Å². The van der Waals surface area contributed by atoms with E-state index < -0.39 is 0 Å². The molecule has 0 aliphatic heterocycles. The monoisotopic (exact) mass is 417 g/mol. The molecule has 1 nitrogen and oxygen atoms in total. The Labute approximate surface area is 192 Å². The topological polar surface area (TPSA) is 12.9 Å². The predicted molar refractivity (Wildman–Crippen MR) is 142 cm³/mol. The van der Waals surface area contributed by atoms with Crippen LogP contribution in [0.2, 0.25) is 0 Å². The highest BCUT2D eigenvalue weighted by molar-refractivity contribution is 5.79. The average molecular weight is 418 g/mol. The fourth-order valence-corrected chi connectivity index (χ4v) is 3.14. The molecule has 1 aromatic heterocycles. The van der Waals surface area contributed by atoms with Gasteiger partial charge in [0.1, 0.15) is 0 Å². The SMILES string of the molecule is C/C=C(C)\C=C(\C)C(=C(C)C)c1ccccn1.C=C\C=C/C(/C=C\CC)=C(/C)CCC. The molecular formula is C30H43N. The molecule has 0 fully saturated rings. The van der Waals surface area contributed by atoms with E-state index in [1.165, 1.54) is 46.3 Å². The molecule has 0 bridgehead atoms. The largest absolute Gasteiger partial charge is 0.256 e. The van der Waals surface area contributed by atoms with Gasteiger partial charge in [-0.05, 0) is 77.7 Å². The van der Waals surface area contributed by atoms with Crippen molar-refractivity contribution in [2.24, 2.45) is 0 Å². The van der Waals surface area contributed by atoms with Crippen molar-refractivity contribution in [3.05, 3.63) is 107 Å². The third-order valence-electron chi connectivity index (χ3n) is 4.78. The third-order valence-corrected chi connectivity index (χ3v) is 4.78. The second kappa shape index (κ2) is 17.1. The molecule has 0 N–H and O–H groups in total. The molecule has 0 aromatic carbocycles. The van der Waals surface area contributed by atoms with Crippen molar-refractivity contribution >= 4 is 5.57 Å². The van der Waals surface area contributed by atoms with Gasteiger partial charge in [-0.3, -0.25) is 4.98 Å². The van der Waals surface area contributed by atoms with Gasteiger partial charge in [-0.2, -0.15) is 0 Å². The van der Waals surface area contributed by atoms with Crippen LogP contribution < -0.4 is 0 Å². The minimum atomic E-state index is 1.05. The molecule has 0 aliphatic carbocycles. The molecule has 0 atom stereocenters. The molecule has 0 spiro atoms. The van der Waals surface area contributed by atoms with Gasteiger partial charge in [0.05, 0.1) is 5.69 Å². The maximum absolute atomic E-state index is 4.44. The fraction of sp³-hybridized carbons (Fsp3) is 0.367. The van der Waals surface area contributed by atoms with Crippen LogP contribution in [0.1, 0.15) is 80.3 Å². The lowest BCUT2D eigenvalue weighted by atomic mass is 9.97. The Balaban J connectivity index is 0.000000594. The van der Waals surface area contributed by atoms with Gasteiger partial charge >= 0.3 is 0 Å². The molecule has 1 aromatic rings. The van der Waals surface area contributed by atoms with Crippen LogP contribution in [0.5, 0.6) is 0 Å². The molecule has 0 amide bonds. The predicted octanol–water partition coefficient (Wildman–Crippen LogP) is 9.60. The van der Waals surface area contributed by atoms with Crippen LogP contribution in [0.3, 0.4) is 0 Å². The van der Waals surface area contributed by atoms with Gasteiger partial charge in [0.25, 0.3) is 0 Å². The van der Waals surface area contributed by atoms with E-state index in [1.807, 2.05) is 30.5 Å². The van der Waals surface area contributed by atoms with E-state index in [9.17, 15) is 0 Å². The Hall–Kier alpha value is -2.67. The van der Waals surface area contributed by atoms with E-state index in [-0.39, 0.29) is 0 Å². The summed E-state index contributed by atoms with van der Waals surface area (Å²) < 4.78 is 0. The van der Waals surface area contributed by atoms with Crippen molar-refractivity contribution in [2.75, 3.05) is 0 Å². The zero-order valence-electron chi connectivity index (χ0n) is 21.1. The summed E-state index contributed by atoms with van der Waals surface area (Å²) in [6.07, 6.45) is 20.0. The third kappa shape index (κ3) is 11.9. The highest BCUT2D eigenvalue weighted by Crippen LogP contribution is 2.25. The minimum absolute atomic E-state index is 1.05. The van der Waals surface area contributed by atoms with Crippen LogP contribution in [-0.4, -0.2) is 4.98 Å². The van der Waals surface area contributed by atoms with Crippen LogP contribution in [0.25, 0.3) is 5.57 Å². The van der Waals surface area contributed by atoms with Crippen molar-refractivity contribution in [3.8, 4) is 0 Å². The number of rotatable bonds is 9. The van der Waals surface area contributed by atoms with E-state index in [4.69, 9.17) is 0 Å². The minimum Gasteiger partial charge on any atom is -0.256 e. The Bertz CT molecular complexity index is 836. The average Bonchev–Trinajstić information content (AvgIpc) is 2.75. The fourth-order valence-electron chi connectivity index (χ4n) is 3.14. The zero-order chi connectivity index (χ0) is 23.6. The Morgan fingerprint density at radius 1 is 1.03 bits per heavy atom. The summed E-state index contributed by atoms with van der Waals surface area (Å²) in [5.41, 5.74) is 8.90. The van der Waals surface area contributed by atoms with E-state index in [2.05, 4.69) is 103 Å². The number of pyridine rings is 1. The van der Waals surface area contributed by atoms with Crippen LogP contribution in [0.15, 0.2) is 101 Å². The normalized spacial score (nSPS) is 13.0. The van der Waals surface area contributed by atoms with E-state index >= 15 is 0 Å². The highest BCUT2D eigenvalue weighted by Gasteiger charge is 2.06. The lowest BCUT2D eigenvalue weighted by molar-refractivity contribution is 0.899. The number of allylic oxidation sites excluding steroid dienone is 13. The zero-order valence-corrected chi connectivity index (χ0v) is 21.1. The lowest BCUT2D eigenvalue weighted by Gasteiger charge is -2.10. The van der Waals surface area contributed by atoms with Crippen molar-refractivity contribution in [2.45, 2.75) is 74.7 Å². The van der Waals surface area contributed by atoms with Crippen LogP contribution in [-0.2, 0) is 0 Å². The van der Waals surface area contributed by atoms with Crippen LogP contribution in [0.4, 0.5) is 0 Å². The Kier molecular flexibility index (Phi) is 15.6. The van der Waals surface area contributed by atoms with Crippen molar-refractivity contribution in [3.63, 3.8) is 0 Å². The molecule has 0 aliphatic rings. The number of hydrogen-bond donors (Lipinski definition) is 0. The molecule has 1 heterocycles. The smallest absolute Gasteiger partial charge is 0.0703 e. The second-order valence-corrected chi connectivity index (χ2v) is 7.84. The van der Waals surface area contributed by atoms with Gasteiger partial charge in [0.15, 0.2) is 0 Å². The molecule has 168 valence electrons. The summed E-state index contributed by atoms with van der Waals surface area (Å²) in [6.45, 7) is 20.8. The van der Waals surface area contributed by atoms with E-state index in [0.717, 1.165) is 12.1 Å². The molecule has 31 heavy (non-hydrogen) atoms. The van der Waals surface area contributed by atoms with Crippen molar-refractivity contribution in [1.82, 2.24) is 4.98 Å². The summed E-state index contributed by atoms with van der Waals surface area (Å²) in [5, 5.41) is 0. The molecule has 0 radical (unpaired) electrons. The molecule has 0 unspecified atom stereocenters. The Morgan fingerprint density at radius 3 is 2.23 bits per heavy atom. The van der Waals surface area contributed by atoms with Gasteiger partial charge < -0.3 is 0 Å². The number of hydrogen-bond acceptors (Lipinski definition) is 1. The first-order chi connectivity index (χ1) is 14.8. The standard InChI is InChI=1S/C16H21N.C14H22/c1-6-13(4)11-14(5)16(12(2)3)15-9-7-8-10-17-15;1-5-8-11-14(12-9-6-2)13(4)10-7-3/h6-11H,1-5H3;5,8-9,11-12H,1,6-7,10H2,2-4H3/b13-6-,14-11-;11-8-,12-9-,14-13+. The summed E-state index contributed by atoms with van der Waals surface area (Å²) >= 11 is 0. The number of aromatic nitrogens is 1. The van der Waals surface area contributed by atoms with Gasteiger partial charge in [-0.1, -0.05) is 92.2 Å². The highest BCUT2D eigenvalue weighted by atomic mass is 14.7. The molecule has 1 rings (SSSR count). The lowest BCUT2D eigenvalue weighted by Crippen LogP contribution is -1.93. The van der Waals surface area contributed by atoms with Crippen molar-refractivity contribution in [1.29, 1.82) is 0 Å². The molecule has 0 saturated heterocycles. The maximum Gasteiger partial charge on any atom is 0.0703 e. The van der Waals surface area contributed by atoms with Gasteiger partial charge in [0.2, 0.25) is 0 Å². The van der Waals surface area contributed by atoms with E-state index in [0.29, 0.717) is 0 Å². The molecule has 0 saturated carbocycles. The first-order valence-corrected chi connectivity index (χ1v) is 11.4. The Morgan fingerprint density at radius 2 is 1.74 bits per heavy atom. The molecular weight excluding hydrogens is 374 g/mol. The first kappa shape index (κ1) is 28.3. The summed E-state index contributed by atoms with van der Waals surface area (Å²) in [5.74, 6) is 0. The summed E-state index contributed by atoms with van der Waals surface area (Å²) in [6, 6.07) is 6.04. The first-order valence-electron chi connectivity index (χ1n) is 11.4. The quantitative estimate of drug-likeness (QED) is 0.364. The van der Waals surface area contributed by atoms with Crippen molar-refractivity contribution < 1.29 is 0 Å². The van der Waals surface area contributed by atoms with Gasteiger partial charge in [0, 0.05) is 11.8 Å². The summed E-state index contributed by atoms with van der Waals surface area (Å²) in [7, 11) is 0. The molecule has 1 heteroatoms. The van der Waals surface area contributed by atoms with Crippen LogP contribution >= 0.6 is 0 Å². The number of nitrogens with zero attached hydrogens (tertiary/aromatic N) is 1. The van der Waals surface area contributed by atoms with Crippen LogP contribution in [0, 0.1) is 0 Å². The maximum atomic E-state index is 4.44. The van der Waals surface area contributed by atoms with E-state index in [1.54, 1.807) is 0 Å². The summed E-state index contributed by atoms with van der Waals surface area (Å²) in [4.78, 5) is 4.44. The second-order valence-electron chi connectivity index (χ2n) is 7.84.